The van der Waals surface area contributed by atoms with Gasteiger partial charge in [0.05, 0.1) is 5.88 Å². The topological polar surface area (TPSA) is 47.8 Å². The van der Waals surface area contributed by atoms with Crippen LogP contribution in [-0.2, 0) is 12.4 Å². The van der Waals surface area contributed by atoms with E-state index in [9.17, 15) is 4.79 Å². The van der Waals surface area contributed by atoms with Crippen molar-refractivity contribution in [3.63, 3.8) is 0 Å². The van der Waals surface area contributed by atoms with Crippen LogP contribution in [0.3, 0.4) is 0 Å². The van der Waals surface area contributed by atoms with E-state index in [-0.39, 0.29) is 11.4 Å². The second-order valence-corrected chi connectivity index (χ2v) is 5.35. The molecule has 0 radical (unpaired) electrons. The number of rotatable bonds is 3. The zero-order valence-corrected chi connectivity index (χ0v) is 11.2. The van der Waals surface area contributed by atoms with Gasteiger partial charge in [-0.15, -0.1) is 11.6 Å². The molecule has 0 saturated carbocycles. The lowest BCUT2D eigenvalue weighted by molar-refractivity contribution is 0.679. The van der Waals surface area contributed by atoms with E-state index in [1.165, 1.54) is 23.1 Å². The van der Waals surface area contributed by atoms with Crippen molar-refractivity contribution in [1.29, 1.82) is 0 Å². The van der Waals surface area contributed by atoms with Crippen molar-refractivity contribution in [2.75, 3.05) is 6.26 Å². The fourth-order valence-corrected chi connectivity index (χ4v) is 3.09. The molecule has 7 heteroatoms. The first-order valence-corrected chi connectivity index (χ1v) is 7.29. The number of hydrogen-bond acceptors (Lipinski definition) is 5. The summed E-state index contributed by atoms with van der Waals surface area (Å²) in [6.07, 6.45) is 1.93. The summed E-state index contributed by atoms with van der Waals surface area (Å²) in [6.45, 7) is 2.46. The third-order valence-corrected chi connectivity index (χ3v) is 4.36. The van der Waals surface area contributed by atoms with Crippen LogP contribution in [0.1, 0.15) is 12.7 Å². The van der Waals surface area contributed by atoms with Crippen LogP contribution in [-0.4, -0.2) is 20.8 Å². The summed E-state index contributed by atoms with van der Waals surface area (Å²) in [5.74, 6) is 0.851. The zero-order chi connectivity index (χ0) is 11.7. The first-order valence-electron chi connectivity index (χ1n) is 4.71. The number of thioether (sulfide) groups is 1. The standard InChI is InChI=1S/C9H10ClN3OS2/c1-3-13-5(4-10)11-7-6(8(13)14)12-9(15-2)16-7/h3-4H2,1-2H3. The maximum atomic E-state index is 12.1. The van der Waals surface area contributed by atoms with Gasteiger partial charge < -0.3 is 0 Å². The number of nitrogens with zero attached hydrogens (tertiary/aromatic N) is 3. The summed E-state index contributed by atoms with van der Waals surface area (Å²) in [7, 11) is 0. The molecule has 4 nitrogen and oxygen atoms in total. The third-order valence-electron chi connectivity index (χ3n) is 2.19. The molecule has 0 atom stereocenters. The quantitative estimate of drug-likeness (QED) is 0.637. The molecule has 16 heavy (non-hydrogen) atoms. The Hall–Kier alpha value is -0.590. The minimum absolute atomic E-state index is 0.0975. The van der Waals surface area contributed by atoms with Crippen molar-refractivity contribution in [3.8, 4) is 0 Å². The Bertz CT molecular complexity index is 578. The third kappa shape index (κ3) is 1.85. The van der Waals surface area contributed by atoms with Gasteiger partial charge in [-0.1, -0.05) is 23.1 Å². The molecule has 0 saturated heterocycles. The van der Waals surface area contributed by atoms with E-state index in [1.54, 1.807) is 4.57 Å². The largest absolute Gasteiger partial charge is 0.294 e. The smallest absolute Gasteiger partial charge is 0.281 e. The van der Waals surface area contributed by atoms with Crippen LogP contribution >= 0.6 is 34.7 Å². The van der Waals surface area contributed by atoms with E-state index in [4.69, 9.17) is 11.6 Å². The molecular formula is C9H10ClN3OS2. The van der Waals surface area contributed by atoms with Crippen molar-refractivity contribution in [2.24, 2.45) is 0 Å². The first-order chi connectivity index (χ1) is 7.71. The average Bonchev–Trinajstić information content (AvgIpc) is 2.72. The van der Waals surface area contributed by atoms with Gasteiger partial charge in [-0.2, -0.15) is 0 Å². The van der Waals surface area contributed by atoms with E-state index in [2.05, 4.69) is 9.97 Å². The molecule has 2 aromatic heterocycles. The van der Waals surface area contributed by atoms with E-state index in [0.717, 1.165) is 4.34 Å². The summed E-state index contributed by atoms with van der Waals surface area (Å²) >= 11 is 8.73. The molecule has 0 amide bonds. The normalized spacial score (nSPS) is 11.2. The van der Waals surface area contributed by atoms with Crippen LogP contribution in [0.25, 0.3) is 10.3 Å². The van der Waals surface area contributed by atoms with Crippen LogP contribution in [0.4, 0.5) is 0 Å². The molecule has 0 N–H and O–H groups in total. The Labute approximate surface area is 106 Å². The van der Waals surface area contributed by atoms with Gasteiger partial charge in [0, 0.05) is 6.54 Å². The summed E-state index contributed by atoms with van der Waals surface area (Å²) < 4.78 is 2.42. The molecule has 0 fully saturated rings. The Morgan fingerprint density at radius 1 is 1.50 bits per heavy atom. The highest BCUT2D eigenvalue weighted by Gasteiger charge is 2.13. The molecule has 86 valence electrons. The van der Waals surface area contributed by atoms with Gasteiger partial charge in [-0.3, -0.25) is 9.36 Å². The molecule has 2 aromatic rings. The SMILES string of the molecule is CCn1c(CCl)nc2sc(SC)nc2c1=O. The lowest BCUT2D eigenvalue weighted by Crippen LogP contribution is -2.23. The highest BCUT2D eigenvalue weighted by Crippen LogP contribution is 2.25. The number of thiazole rings is 1. The number of halogens is 1. The lowest BCUT2D eigenvalue weighted by atomic mass is 10.5. The predicted octanol–water partition coefficient (Wildman–Crippen LogP) is 2.33. The van der Waals surface area contributed by atoms with Crippen LogP contribution in [0.5, 0.6) is 0 Å². The minimum atomic E-state index is -0.0975. The van der Waals surface area contributed by atoms with E-state index in [0.29, 0.717) is 22.7 Å². The van der Waals surface area contributed by atoms with Gasteiger partial charge in [0.2, 0.25) is 0 Å². The minimum Gasteiger partial charge on any atom is -0.294 e. The molecule has 0 aromatic carbocycles. The number of hydrogen-bond donors (Lipinski definition) is 0. The zero-order valence-electron chi connectivity index (χ0n) is 8.86. The fraction of sp³-hybridized carbons (Fsp3) is 0.444. The summed E-state index contributed by atoms with van der Waals surface area (Å²) in [5.41, 5.74) is 0.352. The van der Waals surface area contributed by atoms with Crippen LogP contribution in [0, 0.1) is 0 Å². The maximum Gasteiger partial charge on any atom is 0.281 e. The van der Waals surface area contributed by atoms with Crippen molar-refractivity contribution in [3.05, 3.63) is 16.2 Å². The van der Waals surface area contributed by atoms with Crippen molar-refractivity contribution >= 4 is 45.0 Å². The highest BCUT2D eigenvalue weighted by molar-refractivity contribution is 8.00. The first kappa shape index (κ1) is 11.9. The molecule has 0 spiro atoms. The van der Waals surface area contributed by atoms with Gasteiger partial charge in [0.25, 0.3) is 5.56 Å². The Balaban J connectivity index is 2.79. The van der Waals surface area contributed by atoms with Crippen molar-refractivity contribution in [2.45, 2.75) is 23.7 Å². The Morgan fingerprint density at radius 2 is 2.25 bits per heavy atom. The van der Waals surface area contributed by atoms with Gasteiger partial charge in [0.15, 0.2) is 14.7 Å². The molecule has 0 aliphatic rings. The Morgan fingerprint density at radius 3 is 2.81 bits per heavy atom. The molecule has 0 unspecified atom stereocenters. The molecule has 0 aliphatic carbocycles. The summed E-state index contributed by atoms with van der Waals surface area (Å²) in [6, 6.07) is 0. The highest BCUT2D eigenvalue weighted by atomic mass is 35.5. The van der Waals surface area contributed by atoms with Crippen LogP contribution in [0.15, 0.2) is 9.13 Å². The van der Waals surface area contributed by atoms with Crippen LogP contribution in [0.2, 0.25) is 0 Å². The van der Waals surface area contributed by atoms with Gasteiger partial charge in [0.1, 0.15) is 5.82 Å². The van der Waals surface area contributed by atoms with Gasteiger partial charge >= 0.3 is 0 Å². The van der Waals surface area contributed by atoms with E-state index < -0.39 is 0 Å². The molecular weight excluding hydrogens is 266 g/mol. The molecule has 2 rings (SSSR count). The lowest BCUT2D eigenvalue weighted by Gasteiger charge is -2.05. The van der Waals surface area contributed by atoms with Gasteiger partial charge in [-0.05, 0) is 13.2 Å². The van der Waals surface area contributed by atoms with E-state index >= 15 is 0 Å². The summed E-state index contributed by atoms with van der Waals surface area (Å²) in [5, 5.41) is 0. The number of aromatic nitrogens is 3. The molecule has 0 aliphatic heterocycles. The van der Waals surface area contributed by atoms with Crippen LogP contribution < -0.4 is 5.56 Å². The molecule has 2 heterocycles. The monoisotopic (exact) mass is 275 g/mol. The number of alkyl halides is 1. The summed E-state index contributed by atoms with van der Waals surface area (Å²) in [4.78, 5) is 21.4. The average molecular weight is 276 g/mol. The second kappa shape index (κ2) is 4.73. The maximum absolute atomic E-state index is 12.1. The van der Waals surface area contributed by atoms with E-state index in [1.807, 2.05) is 13.2 Å². The van der Waals surface area contributed by atoms with Crippen molar-refractivity contribution < 1.29 is 0 Å². The fourth-order valence-electron chi connectivity index (χ4n) is 1.45. The Kier molecular flexibility index (Phi) is 3.51. The van der Waals surface area contributed by atoms with Gasteiger partial charge in [-0.25, -0.2) is 9.97 Å². The number of fused-ring (bicyclic) bond motifs is 1. The van der Waals surface area contributed by atoms with Crippen molar-refractivity contribution in [1.82, 2.24) is 14.5 Å². The molecule has 0 bridgehead atoms. The second-order valence-electron chi connectivity index (χ2n) is 3.05. The predicted molar refractivity (Wildman–Crippen MR) is 68.7 cm³/mol.